The molecule has 2 aromatic carbocycles. The lowest BCUT2D eigenvalue weighted by Gasteiger charge is -2.38. The van der Waals surface area contributed by atoms with Crippen LogP contribution < -0.4 is 10.6 Å². The topological polar surface area (TPSA) is 50.4 Å². The number of aryl methyl sites for hydroxylation is 1. The van der Waals surface area contributed by atoms with Crippen molar-refractivity contribution >= 4 is 6.03 Å². The van der Waals surface area contributed by atoms with E-state index in [0.29, 0.717) is 6.54 Å². The van der Waals surface area contributed by atoms with Crippen molar-refractivity contribution in [2.75, 3.05) is 19.8 Å². The van der Waals surface area contributed by atoms with Crippen LogP contribution in [0, 0.1) is 0 Å². The molecule has 4 heteroatoms. The molecule has 0 bridgehead atoms. The van der Waals surface area contributed by atoms with Crippen LogP contribution in [0.25, 0.3) is 0 Å². The van der Waals surface area contributed by atoms with Crippen molar-refractivity contribution in [1.82, 2.24) is 10.6 Å². The molecule has 1 aliphatic heterocycles. The first-order valence-electron chi connectivity index (χ1n) is 9.89. The first kappa shape index (κ1) is 19.4. The lowest BCUT2D eigenvalue weighted by atomic mass is 9.74. The highest BCUT2D eigenvalue weighted by molar-refractivity contribution is 5.74. The van der Waals surface area contributed by atoms with Crippen molar-refractivity contribution in [2.45, 2.75) is 44.1 Å². The highest BCUT2D eigenvalue weighted by Crippen LogP contribution is 2.34. The van der Waals surface area contributed by atoms with Gasteiger partial charge in [-0.15, -0.1) is 0 Å². The van der Waals surface area contributed by atoms with E-state index in [0.717, 1.165) is 38.9 Å². The van der Waals surface area contributed by atoms with Crippen LogP contribution in [0.3, 0.4) is 0 Å². The maximum atomic E-state index is 12.4. The predicted octanol–water partition coefficient (Wildman–Crippen LogP) is 4.06. The molecule has 0 radical (unpaired) electrons. The van der Waals surface area contributed by atoms with E-state index in [1.165, 1.54) is 11.1 Å². The van der Waals surface area contributed by atoms with Gasteiger partial charge in [-0.25, -0.2) is 4.79 Å². The van der Waals surface area contributed by atoms with Crippen molar-refractivity contribution in [2.24, 2.45) is 0 Å². The zero-order valence-electron chi connectivity index (χ0n) is 16.1. The molecule has 3 rings (SSSR count). The molecule has 4 nitrogen and oxygen atoms in total. The fourth-order valence-electron chi connectivity index (χ4n) is 3.75. The van der Waals surface area contributed by atoms with Gasteiger partial charge in [0, 0.05) is 31.2 Å². The minimum atomic E-state index is -0.0858. The normalized spacial score (nSPS) is 17.1. The Hall–Kier alpha value is -2.33. The Morgan fingerprint density at radius 2 is 1.67 bits per heavy atom. The van der Waals surface area contributed by atoms with Gasteiger partial charge in [-0.2, -0.15) is 0 Å². The first-order valence-corrected chi connectivity index (χ1v) is 9.89. The van der Waals surface area contributed by atoms with Crippen LogP contribution in [0.2, 0.25) is 0 Å². The Morgan fingerprint density at radius 1 is 1.04 bits per heavy atom. The molecule has 1 fully saturated rings. The van der Waals surface area contributed by atoms with Crippen molar-refractivity contribution in [3.8, 4) is 0 Å². The molecule has 144 valence electrons. The smallest absolute Gasteiger partial charge is 0.315 e. The Kier molecular flexibility index (Phi) is 6.88. The molecule has 2 aromatic rings. The number of rotatable bonds is 7. The maximum absolute atomic E-state index is 12.4. The van der Waals surface area contributed by atoms with E-state index in [1.807, 2.05) is 12.1 Å². The molecule has 0 aliphatic carbocycles. The van der Waals surface area contributed by atoms with Crippen LogP contribution in [0.4, 0.5) is 4.79 Å². The summed E-state index contributed by atoms with van der Waals surface area (Å²) in [5.41, 5.74) is 2.55. The standard InChI is InChI=1S/C23H30N2O2/c1-19(12-13-20-8-4-2-5-9-20)25-22(26)24-18-23(14-16-27-17-15-23)21-10-6-3-7-11-21/h2-11,19H,12-18H2,1H3,(H2,24,25,26). The van der Waals surface area contributed by atoms with Gasteiger partial charge in [-0.3, -0.25) is 0 Å². The van der Waals surface area contributed by atoms with E-state index in [9.17, 15) is 4.79 Å². The fourth-order valence-corrected chi connectivity index (χ4v) is 3.75. The molecule has 1 aliphatic rings. The second kappa shape index (κ2) is 9.56. The molecule has 1 unspecified atom stereocenters. The summed E-state index contributed by atoms with van der Waals surface area (Å²) in [5, 5.41) is 6.19. The average molecular weight is 367 g/mol. The predicted molar refractivity (Wildman–Crippen MR) is 109 cm³/mol. The lowest BCUT2D eigenvalue weighted by molar-refractivity contribution is 0.0506. The van der Waals surface area contributed by atoms with Crippen molar-refractivity contribution in [1.29, 1.82) is 0 Å². The Bertz CT molecular complexity index is 697. The second-order valence-corrected chi connectivity index (χ2v) is 7.51. The monoisotopic (exact) mass is 366 g/mol. The van der Waals surface area contributed by atoms with Crippen LogP contribution in [0.15, 0.2) is 60.7 Å². The van der Waals surface area contributed by atoms with E-state index in [-0.39, 0.29) is 17.5 Å². The Morgan fingerprint density at radius 3 is 2.33 bits per heavy atom. The van der Waals surface area contributed by atoms with Gasteiger partial charge in [0.25, 0.3) is 0 Å². The number of nitrogens with one attached hydrogen (secondary N) is 2. The van der Waals surface area contributed by atoms with E-state index in [2.05, 4.69) is 66.1 Å². The lowest BCUT2D eigenvalue weighted by Crippen LogP contribution is -2.49. The summed E-state index contributed by atoms with van der Waals surface area (Å²) in [6, 6.07) is 20.9. The van der Waals surface area contributed by atoms with Crippen LogP contribution in [0.5, 0.6) is 0 Å². The van der Waals surface area contributed by atoms with Crippen LogP contribution in [-0.2, 0) is 16.6 Å². The third-order valence-corrected chi connectivity index (χ3v) is 5.51. The van der Waals surface area contributed by atoms with Crippen LogP contribution in [0.1, 0.15) is 37.3 Å². The Balaban J connectivity index is 1.50. The molecule has 27 heavy (non-hydrogen) atoms. The van der Waals surface area contributed by atoms with Crippen LogP contribution in [-0.4, -0.2) is 31.8 Å². The number of ether oxygens (including phenoxy) is 1. The van der Waals surface area contributed by atoms with E-state index < -0.39 is 0 Å². The molecule has 0 aromatic heterocycles. The number of carbonyl (C=O) groups excluding carboxylic acids is 1. The van der Waals surface area contributed by atoms with Gasteiger partial charge in [0.2, 0.25) is 0 Å². The minimum Gasteiger partial charge on any atom is -0.381 e. The third-order valence-electron chi connectivity index (χ3n) is 5.51. The number of hydrogen-bond acceptors (Lipinski definition) is 2. The summed E-state index contributed by atoms with van der Waals surface area (Å²) in [7, 11) is 0. The Labute approximate surface area is 162 Å². The molecular weight excluding hydrogens is 336 g/mol. The summed E-state index contributed by atoms with van der Waals surface area (Å²) in [6.45, 7) is 4.18. The quantitative estimate of drug-likeness (QED) is 0.776. The maximum Gasteiger partial charge on any atom is 0.315 e. The molecule has 1 atom stereocenters. The molecule has 0 saturated carbocycles. The van der Waals surface area contributed by atoms with Gasteiger partial charge in [0.1, 0.15) is 0 Å². The van der Waals surface area contributed by atoms with E-state index >= 15 is 0 Å². The van der Waals surface area contributed by atoms with Crippen molar-refractivity contribution < 1.29 is 9.53 Å². The summed E-state index contributed by atoms with van der Waals surface area (Å²) < 4.78 is 5.56. The number of hydrogen-bond donors (Lipinski definition) is 2. The second-order valence-electron chi connectivity index (χ2n) is 7.51. The molecule has 0 spiro atoms. The van der Waals surface area contributed by atoms with Crippen LogP contribution >= 0.6 is 0 Å². The van der Waals surface area contributed by atoms with Gasteiger partial charge in [0.15, 0.2) is 0 Å². The van der Waals surface area contributed by atoms with Crippen molar-refractivity contribution in [3.05, 3.63) is 71.8 Å². The molecule has 1 saturated heterocycles. The highest BCUT2D eigenvalue weighted by Gasteiger charge is 2.34. The molecule has 2 N–H and O–H groups in total. The summed E-state index contributed by atoms with van der Waals surface area (Å²) in [6.07, 6.45) is 3.75. The number of benzene rings is 2. The highest BCUT2D eigenvalue weighted by atomic mass is 16.5. The zero-order valence-corrected chi connectivity index (χ0v) is 16.1. The molecule has 2 amide bonds. The number of urea groups is 1. The van der Waals surface area contributed by atoms with Gasteiger partial charge in [-0.1, -0.05) is 60.7 Å². The van der Waals surface area contributed by atoms with E-state index in [4.69, 9.17) is 4.74 Å². The summed E-state index contributed by atoms with van der Waals surface area (Å²) in [5.74, 6) is 0. The molecular formula is C23H30N2O2. The number of carbonyl (C=O) groups is 1. The minimum absolute atomic E-state index is 0.0376. The third kappa shape index (κ3) is 5.57. The van der Waals surface area contributed by atoms with E-state index in [1.54, 1.807) is 0 Å². The summed E-state index contributed by atoms with van der Waals surface area (Å²) >= 11 is 0. The zero-order chi connectivity index (χ0) is 19.0. The summed E-state index contributed by atoms with van der Waals surface area (Å²) in [4.78, 5) is 12.4. The van der Waals surface area contributed by atoms with Gasteiger partial charge in [0.05, 0.1) is 0 Å². The van der Waals surface area contributed by atoms with Crippen molar-refractivity contribution in [3.63, 3.8) is 0 Å². The number of amides is 2. The molecule has 1 heterocycles. The van der Waals surface area contributed by atoms with Gasteiger partial charge >= 0.3 is 6.03 Å². The largest absolute Gasteiger partial charge is 0.381 e. The van der Waals surface area contributed by atoms with Gasteiger partial charge < -0.3 is 15.4 Å². The fraction of sp³-hybridized carbons (Fsp3) is 0.435. The first-order chi connectivity index (χ1) is 13.2. The average Bonchev–Trinajstić information content (AvgIpc) is 2.73. The SMILES string of the molecule is CC(CCc1ccccc1)NC(=O)NCC1(c2ccccc2)CCOCC1. The van der Waals surface area contributed by atoms with Gasteiger partial charge in [-0.05, 0) is 43.7 Å².